The molecule has 0 bridgehead atoms. The summed E-state index contributed by atoms with van der Waals surface area (Å²) >= 11 is 0. The molecule has 7 heteroatoms. The van der Waals surface area contributed by atoms with Crippen LogP contribution in [0, 0.1) is 10.1 Å². The Morgan fingerprint density at radius 2 is 2.11 bits per heavy atom. The van der Waals surface area contributed by atoms with Crippen LogP contribution in [0.5, 0.6) is 0 Å². The van der Waals surface area contributed by atoms with E-state index in [1.165, 1.54) is 18.3 Å². The van der Waals surface area contributed by atoms with Crippen LogP contribution < -0.4 is 10.6 Å². The van der Waals surface area contributed by atoms with Crippen molar-refractivity contribution in [1.82, 2.24) is 10.3 Å². The Hall–Kier alpha value is -2.18. The second-order valence-electron chi connectivity index (χ2n) is 4.81. The van der Waals surface area contributed by atoms with Gasteiger partial charge in [-0.05, 0) is 36.7 Å². The lowest BCUT2D eigenvalue weighted by atomic mass is 10.1. The first-order chi connectivity index (χ1) is 8.28. The van der Waals surface area contributed by atoms with Crippen LogP contribution in [-0.2, 0) is 4.79 Å². The minimum Gasteiger partial charge on any atom is -0.373 e. The van der Waals surface area contributed by atoms with Gasteiger partial charge >= 0.3 is 5.82 Å². The molecule has 0 saturated heterocycles. The zero-order valence-electron chi connectivity index (χ0n) is 10.6. The van der Waals surface area contributed by atoms with Crippen molar-refractivity contribution in [2.24, 2.45) is 0 Å². The largest absolute Gasteiger partial charge is 0.373 e. The number of aromatic nitrogens is 1. The van der Waals surface area contributed by atoms with Crippen molar-refractivity contribution in [3.05, 3.63) is 28.4 Å². The predicted octanol–water partition coefficient (Wildman–Crippen LogP) is 1.32. The zero-order chi connectivity index (χ0) is 13.8. The summed E-state index contributed by atoms with van der Waals surface area (Å²) in [6.07, 6.45) is 1.32. The van der Waals surface area contributed by atoms with Crippen molar-refractivity contribution >= 4 is 17.4 Å². The second-order valence-corrected chi connectivity index (χ2v) is 4.81. The summed E-state index contributed by atoms with van der Waals surface area (Å²) in [6, 6.07) is 2.79. The molecular weight excluding hydrogens is 236 g/mol. The number of rotatable bonds is 4. The molecule has 18 heavy (non-hydrogen) atoms. The average Bonchev–Trinajstić information content (AvgIpc) is 2.24. The third-order valence-electron chi connectivity index (χ3n) is 1.90. The van der Waals surface area contributed by atoms with Crippen LogP contribution in [0.1, 0.15) is 20.8 Å². The minimum absolute atomic E-state index is 0.0940. The number of nitrogens with one attached hydrogen (secondary N) is 2. The summed E-state index contributed by atoms with van der Waals surface area (Å²) in [5, 5.41) is 16.0. The third kappa shape index (κ3) is 4.77. The Labute approximate surface area is 105 Å². The van der Waals surface area contributed by atoms with E-state index in [-0.39, 0.29) is 23.8 Å². The second kappa shape index (κ2) is 5.44. The average molecular weight is 252 g/mol. The van der Waals surface area contributed by atoms with Gasteiger partial charge in [0.2, 0.25) is 5.91 Å². The van der Waals surface area contributed by atoms with E-state index in [0.717, 1.165) is 0 Å². The van der Waals surface area contributed by atoms with Gasteiger partial charge in [0, 0.05) is 11.6 Å². The highest BCUT2D eigenvalue weighted by Crippen LogP contribution is 2.10. The van der Waals surface area contributed by atoms with Gasteiger partial charge < -0.3 is 20.7 Å². The number of hydrogen-bond donors (Lipinski definition) is 2. The highest BCUT2D eigenvalue weighted by Gasteiger charge is 2.13. The fraction of sp³-hybridized carbons (Fsp3) is 0.455. The Bertz CT molecular complexity index is 437. The molecule has 1 aromatic rings. The molecule has 1 heterocycles. The van der Waals surface area contributed by atoms with E-state index < -0.39 is 4.92 Å². The highest BCUT2D eigenvalue weighted by molar-refractivity contribution is 5.81. The zero-order valence-corrected chi connectivity index (χ0v) is 10.6. The van der Waals surface area contributed by atoms with Crippen molar-refractivity contribution in [3.8, 4) is 0 Å². The van der Waals surface area contributed by atoms with Crippen molar-refractivity contribution in [1.29, 1.82) is 0 Å². The van der Waals surface area contributed by atoms with Gasteiger partial charge in [0.25, 0.3) is 0 Å². The smallest absolute Gasteiger partial charge is 0.363 e. The molecular formula is C11H16N4O3. The molecule has 0 saturated carbocycles. The first kappa shape index (κ1) is 13.9. The Morgan fingerprint density at radius 3 is 2.56 bits per heavy atom. The van der Waals surface area contributed by atoms with E-state index in [2.05, 4.69) is 15.6 Å². The van der Waals surface area contributed by atoms with Crippen LogP contribution in [0.25, 0.3) is 0 Å². The van der Waals surface area contributed by atoms with Gasteiger partial charge in [-0.25, -0.2) is 0 Å². The molecule has 0 atom stereocenters. The summed E-state index contributed by atoms with van der Waals surface area (Å²) in [5.41, 5.74) is 0.275. The van der Waals surface area contributed by atoms with Gasteiger partial charge in [-0.3, -0.25) is 4.79 Å². The Morgan fingerprint density at radius 1 is 1.44 bits per heavy atom. The topological polar surface area (TPSA) is 97.2 Å². The van der Waals surface area contributed by atoms with Crippen LogP contribution in [0.15, 0.2) is 18.3 Å². The number of nitro groups is 1. The molecule has 0 aliphatic heterocycles. The Balaban J connectivity index is 2.49. The summed E-state index contributed by atoms with van der Waals surface area (Å²) in [6.45, 7) is 5.76. The number of anilines is 1. The van der Waals surface area contributed by atoms with E-state index in [1.54, 1.807) is 0 Å². The maximum atomic E-state index is 11.5. The lowest BCUT2D eigenvalue weighted by Crippen LogP contribution is -2.43. The van der Waals surface area contributed by atoms with E-state index in [9.17, 15) is 14.9 Å². The van der Waals surface area contributed by atoms with Gasteiger partial charge in [0.1, 0.15) is 0 Å². The summed E-state index contributed by atoms with van der Waals surface area (Å²) in [4.78, 5) is 25.0. The molecule has 0 fully saturated rings. The Kier molecular flexibility index (Phi) is 4.19. The molecule has 0 aliphatic rings. The van der Waals surface area contributed by atoms with Gasteiger partial charge in [-0.15, -0.1) is 0 Å². The van der Waals surface area contributed by atoms with Gasteiger partial charge in [-0.2, -0.15) is 0 Å². The van der Waals surface area contributed by atoms with Crippen LogP contribution in [0.3, 0.4) is 0 Å². The monoisotopic (exact) mass is 252 g/mol. The van der Waals surface area contributed by atoms with Crippen molar-refractivity contribution in [2.75, 3.05) is 11.9 Å². The molecule has 0 spiro atoms. The number of carbonyl (C=O) groups is 1. The molecule has 1 rings (SSSR count). The normalized spacial score (nSPS) is 10.8. The van der Waals surface area contributed by atoms with Gasteiger partial charge in [0.05, 0.1) is 12.2 Å². The fourth-order valence-corrected chi connectivity index (χ4v) is 1.24. The SMILES string of the molecule is CC(C)(C)NC(=O)CNc1ccc([N+](=O)[O-])nc1. The van der Waals surface area contributed by atoms with Crippen molar-refractivity contribution < 1.29 is 9.72 Å². The number of amides is 1. The molecule has 1 amide bonds. The lowest BCUT2D eigenvalue weighted by Gasteiger charge is -2.20. The molecule has 7 nitrogen and oxygen atoms in total. The maximum Gasteiger partial charge on any atom is 0.363 e. The van der Waals surface area contributed by atoms with E-state index in [1.807, 2.05) is 20.8 Å². The van der Waals surface area contributed by atoms with Crippen LogP contribution >= 0.6 is 0 Å². The first-order valence-corrected chi connectivity index (χ1v) is 5.43. The molecule has 0 aliphatic carbocycles. The number of hydrogen-bond acceptors (Lipinski definition) is 5. The standard InChI is InChI=1S/C11H16N4O3/c1-11(2,3)14-10(16)7-12-8-4-5-9(13-6-8)15(17)18/h4-6,12H,7H2,1-3H3,(H,14,16). The first-order valence-electron chi connectivity index (χ1n) is 5.43. The summed E-state index contributed by atoms with van der Waals surface area (Å²) in [5.74, 6) is -0.374. The molecule has 98 valence electrons. The molecule has 0 radical (unpaired) electrons. The van der Waals surface area contributed by atoms with Crippen molar-refractivity contribution in [3.63, 3.8) is 0 Å². The summed E-state index contributed by atoms with van der Waals surface area (Å²) < 4.78 is 0. The molecule has 0 aromatic carbocycles. The number of carbonyl (C=O) groups excluding carboxylic acids is 1. The van der Waals surface area contributed by atoms with Crippen molar-refractivity contribution in [2.45, 2.75) is 26.3 Å². The molecule has 2 N–H and O–H groups in total. The van der Waals surface area contributed by atoms with E-state index in [0.29, 0.717) is 5.69 Å². The highest BCUT2D eigenvalue weighted by atomic mass is 16.6. The third-order valence-corrected chi connectivity index (χ3v) is 1.90. The fourth-order valence-electron chi connectivity index (χ4n) is 1.24. The van der Waals surface area contributed by atoms with Crippen LogP contribution in [0.4, 0.5) is 11.5 Å². The quantitative estimate of drug-likeness (QED) is 0.622. The molecule has 1 aromatic heterocycles. The lowest BCUT2D eigenvalue weighted by molar-refractivity contribution is -0.389. The molecule has 0 unspecified atom stereocenters. The summed E-state index contributed by atoms with van der Waals surface area (Å²) in [7, 11) is 0. The number of nitrogens with zero attached hydrogens (tertiary/aromatic N) is 2. The van der Waals surface area contributed by atoms with Crippen LogP contribution in [0.2, 0.25) is 0 Å². The maximum absolute atomic E-state index is 11.5. The predicted molar refractivity (Wildman–Crippen MR) is 67.3 cm³/mol. The van der Waals surface area contributed by atoms with Crippen LogP contribution in [-0.4, -0.2) is 27.9 Å². The van der Waals surface area contributed by atoms with Gasteiger partial charge in [0.15, 0.2) is 6.20 Å². The minimum atomic E-state index is -0.573. The van der Waals surface area contributed by atoms with E-state index >= 15 is 0 Å². The number of pyridine rings is 1. The van der Waals surface area contributed by atoms with Gasteiger partial charge in [-0.1, -0.05) is 0 Å². The van der Waals surface area contributed by atoms with E-state index in [4.69, 9.17) is 0 Å².